The Labute approximate surface area is 155 Å². The van der Waals surface area contributed by atoms with Crippen molar-refractivity contribution < 1.29 is 4.79 Å². The number of pyridine rings is 1. The Bertz CT molecular complexity index is 794. The highest BCUT2D eigenvalue weighted by atomic mass is 16.2. The maximum Gasteiger partial charge on any atom is 0.272 e. The average Bonchev–Trinajstić information content (AvgIpc) is 3.10. The molecule has 5 nitrogen and oxygen atoms in total. The van der Waals surface area contributed by atoms with Crippen molar-refractivity contribution in [1.82, 2.24) is 19.2 Å². The summed E-state index contributed by atoms with van der Waals surface area (Å²) in [7, 11) is 0. The minimum atomic E-state index is 0.132. The molecule has 0 spiro atoms. The van der Waals surface area contributed by atoms with E-state index in [9.17, 15) is 4.79 Å². The van der Waals surface area contributed by atoms with Crippen molar-refractivity contribution in [3.05, 3.63) is 36.3 Å². The standard InChI is InChI=1S/C21H28N4O/c26-21(19-12-22-20-8-4-5-10-25(19)20)23-11-9-18-17(14-23)15-24(18)13-16-6-2-1-3-7-16/h4-5,8,10,12,16-18H,1-3,6-7,9,11,13-15H2/t17-,18-/m1/s1. The monoisotopic (exact) mass is 352 g/mol. The summed E-state index contributed by atoms with van der Waals surface area (Å²) in [5, 5.41) is 0. The van der Waals surface area contributed by atoms with Gasteiger partial charge in [0.1, 0.15) is 11.3 Å². The Morgan fingerprint density at radius 2 is 2.00 bits per heavy atom. The SMILES string of the molecule is O=C(c1cnc2ccccn12)N1CC[C@@H]2[C@H](C1)CN2CC1CCCCC1. The van der Waals surface area contributed by atoms with Crippen molar-refractivity contribution in [2.45, 2.75) is 44.6 Å². The van der Waals surface area contributed by atoms with E-state index in [1.165, 1.54) is 45.2 Å². The van der Waals surface area contributed by atoms with Gasteiger partial charge in [0.05, 0.1) is 6.20 Å². The largest absolute Gasteiger partial charge is 0.337 e. The fourth-order valence-electron chi connectivity index (χ4n) is 5.33. The molecule has 1 amide bonds. The van der Waals surface area contributed by atoms with E-state index in [4.69, 9.17) is 0 Å². The van der Waals surface area contributed by atoms with Crippen LogP contribution in [0.4, 0.5) is 0 Å². The average molecular weight is 352 g/mol. The van der Waals surface area contributed by atoms with Crippen molar-refractivity contribution in [2.75, 3.05) is 26.2 Å². The highest BCUT2D eigenvalue weighted by Gasteiger charge is 2.44. The summed E-state index contributed by atoms with van der Waals surface area (Å²) in [6.07, 6.45) is 11.9. The topological polar surface area (TPSA) is 40.9 Å². The Kier molecular flexibility index (Phi) is 4.20. The van der Waals surface area contributed by atoms with E-state index in [1.54, 1.807) is 6.20 Å². The minimum absolute atomic E-state index is 0.132. The maximum absolute atomic E-state index is 13.0. The van der Waals surface area contributed by atoms with E-state index < -0.39 is 0 Å². The summed E-state index contributed by atoms with van der Waals surface area (Å²) in [5.74, 6) is 1.71. The third-order valence-electron chi connectivity index (χ3n) is 6.77. The summed E-state index contributed by atoms with van der Waals surface area (Å²) in [4.78, 5) is 22.1. The number of aromatic nitrogens is 2. The van der Waals surface area contributed by atoms with E-state index in [2.05, 4.69) is 14.8 Å². The predicted molar refractivity (Wildman–Crippen MR) is 101 cm³/mol. The number of rotatable bonds is 3. The number of fused-ring (bicyclic) bond motifs is 2. The number of nitrogens with zero attached hydrogens (tertiary/aromatic N) is 4. The van der Waals surface area contributed by atoms with E-state index in [1.807, 2.05) is 28.8 Å². The van der Waals surface area contributed by atoms with E-state index in [0.717, 1.165) is 31.1 Å². The molecule has 0 bridgehead atoms. The van der Waals surface area contributed by atoms with Crippen LogP contribution in [0.1, 0.15) is 49.0 Å². The molecule has 2 aliphatic heterocycles. The van der Waals surface area contributed by atoms with Crippen LogP contribution in [0.2, 0.25) is 0 Å². The van der Waals surface area contributed by atoms with Gasteiger partial charge in [-0.25, -0.2) is 4.98 Å². The smallest absolute Gasteiger partial charge is 0.272 e. The van der Waals surface area contributed by atoms with Crippen LogP contribution < -0.4 is 0 Å². The normalized spacial score (nSPS) is 27.3. The lowest BCUT2D eigenvalue weighted by molar-refractivity contribution is -0.0473. The van der Waals surface area contributed by atoms with Crippen LogP contribution in [0, 0.1) is 11.8 Å². The number of carbonyl (C=O) groups is 1. The third-order valence-corrected chi connectivity index (χ3v) is 6.77. The van der Waals surface area contributed by atoms with Crippen LogP contribution in [0.5, 0.6) is 0 Å². The van der Waals surface area contributed by atoms with E-state index in [-0.39, 0.29) is 5.91 Å². The lowest BCUT2D eigenvalue weighted by Crippen LogP contribution is -2.64. The minimum Gasteiger partial charge on any atom is -0.337 e. The second-order valence-corrected chi connectivity index (χ2v) is 8.40. The van der Waals surface area contributed by atoms with E-state index in [0.29, 0.717) is 17.7 Å². The third kappa shape index (κ3) is 2.82. The molecule has 0 radical (unpaired) electrons. The number of hydrogen-bond donors (Lipinski definition) is 0. The van der Waals surface area contributed by atoms with Gasteiger partial charge in [0.15, 0.2) is 0 Å². The summed E-state index contributed by atoms with van der Waals surface area (Å²) < 4.78 is 1.91. The van der Waals surface area contributed by atoms with Gasteiger partial charge in [-0.2, -0.15) is 0 Å². The van der Waals surface area contributed by atoms with Crippen molar-refractivity contribution in [3.8, 4) is 0 Å². The lowest BCUT2D eigenvalue weighted by Gasteiger charge is -2.54. The molecular formula is C21H28N4O. The molecule has 2 aromatic heterocycles. The van der Waals surface area contributed by atoms with Gasteiger partial charge in [0.2, 0.25) is 0 Å². The molecule has 3 fully saturated rings. The van der Waals surface area contributed by atoms with Crippen molar-refractivity contribution >= 4 is 11.6 Å². The van der Waals surface area contributed by atoms with Gasteiger partial charge in [-0.3, -0.25) is 14.1 Å². The molecule has 1 saturated carbocycles. The Morgan fingerprint density at radius 1 is 1.12 bits per heavy atom. The van der Waals surface area contributed by atoms with Crippen LogP contribution in [-0.4, -0.2) is 57.3 Å². The van der Waals surface area contributed by atoms with Gasteiger partial charge in [-0.1, -0.05) is 25.3 Å². The molecule has 2 atom stereocenters. The molecule has 0 unspecified atom stereocenters. The van der Waals surface area contributed by atoms with E-state index >= 15 is 0 Å². The zero-order chi connectivity index (χ0) is 17.5. The number of imidazole rings is 1. The first kappa shape index (κ1) is 16.3. The van der Waals surface area contributed by atoms with Gasteiger partial charge >= 0.3 is 0 Å². The highest BCUT2D eigenvalue weighted by molar-refractivity contribution is 5.93. The van der Waals surface area contributed by atoms with Gasteiger partial charge in [0.25, 0.3) is 5.91 Å². The molecule has 5 heteroatoms. The van der Waals surface area contributed by atoms with Crippen LogP contribution >= 0.6 is 0 Å². The molecule has 26 heavy (non-hydrogen) atoms. The van der Waals surface area contributed by atoms with Gasteiger partial charge in [0, 0.05) is 44.3 Å². The molecule has 4 heterocycles. The Hall–Kier alpha value is -1.88. The molecular weight excluding hydrogens is 324 g/mol. The molecule has 5 rings (SSSR count). The van der Waals surface area contributed by atoms with Gasteiger partial charge in [-0.05, 0) is 37.3 Å². The molecule has 2 aromatic rings. The first-order valence-electron chi connectivity index (χ1n) is 10.2. The van der Waals surface area contributed by atoms with Crippen molar-refractivity contribution in [2.24, 2.45) is 11.8 Å². The molecule has 3 aliphatic rings. The number of carbonyl (C=O) groups excluding carboxylic acids is 1. The second-order valence-electron chi connectivity index (χ2n) is 8.40. The van der Waals surface area contributed by atoms with Crippen molar-refractivity contribution in [1.29, 1.82) is 0 Å². The quantitative estimate of drug-likeness (QED) is 0.852. The number of amides is 1. The molecule has 0 N–H and O–H groups in total. The summed E-state index contributed by atoms with van der Waals surface area (Å²) in [6.45, 7) is 4.26. The zero-order valence-corrected chi connectivity index (χ0v) is 15.4. The summed E-state index contributed by atoms with van der Waals surface area (Å²) in [6, 6.07) is 6.56. The van der Waals surface area contributed by atoms with Crippen LogP contribution in [-0.2, 0) is 0 Å². The lowest BCUT2D eigenvalue weighted by atomic mass is 9.80. The van der Waals surface area contributed by atoms with Crippen LogP contribution in [0.25, 0.3) is 5.65 Å². The number of piperidine rings is 1. The molecule has 0 aromatic carbocycles. The molecule has 2 saturated heterocycles. The fourth-order valence-corrected chi connectivity index (χ4v) is 5.33. The predicted octanol–water partition coefficient (Wildman–Crippen LogP) is 3.06. The second kappa shape index (κ2) is 6.69. The Morgan fingerprint density at radius 3 is 2.85 bits per heavy atom. The molecule has 1 aliphatic carbocycles. The van der Waals surface area contributed by atoms with Gasteiger partial charge in [-0.15, -0.1) is 0 Å². The van der Waals surface area contributed by atoms with Crippen LogP contribution in [0.3, 0.4) is 0 Å². The first-order chi connectivity index (χ1) is 12.8. The Balaban J connectivity index is 1.21. The fraction of sp³-hybridized carbons (Fsp3) is 0.619. The highest BCUT2D eigenvalue weighted by Crippen LogP contribution is 2.35. The number of likely N-dealkylation sites (tertiary alicyclic amines) is 2. The molecule has 138 valence electrons. The summed E-state index contributed by atoms with van der Waals surface area (Å²) in [5.41, 5.74) is 1.53. The summed E-state index contributed by atoms with van der Waals surface area (Å²) >= 11 is 0. The number of hydrogen-bond acceptors (Lipinski definition) is 3. The van der Waals surface area contributed by atoms with Gasteiger partial charge < -0.3 is 4.90 Å². The maximum atomic E-state index is 13.0. The first-order valence-corrected chi connectivity index (χ1v) is 10.2. The van der Waals surface area contributed by atoms with Crippen LogP contribution in [0.15, 0.2) is 30.6 Å². The van der Waals surface area contributed by atoms with Crippen molar-refractivity contribution in [3.63, 3.8) is 0 Å². The zero-order valence-electron chi connectivity index (χ0n) is 15.4.